The Morgan fingerprint density at radius 3 is 2.70 bits per heavy atom. The summed E-state index contributed by atoms with van der Waals surface area (Å²) in [6.45, 7) is 8.13. The van der Waals surface area contributed by atoms with Crippen LogP contribution in [0.3, 0.4) is 0 Å². The summed E-state index contributed by atoms with van der Waals surface area (Å²) in [6.07, 6.45) is 0.825. The van der Waals surface area contributed by atoms with E-state index in [0.717, 1.165) is 50.6 Å². The molecular weight excluding hydrogens is 378 g/mol. The van der Waals surface area contributed by atoms with Crippen molar-refractivity contribution in [2.75, 3.05) is 39.5 Å². The number of hydrogen-bond acceptors (Lipinski definition) is 4. The second-order valence-corrected chi connectivity index (χ2v) is 8.09. The van der Waals surface area contributed by atoms with E-state index < -0.39 is 0 Å². The Morgan fingerprint density at radius 1 is 1.10 bits per heavy atom. The molecule has 2 aliphatic heterocycles. The molecular formula is C24H31N3O3. The zero-order chi connectivity index (χ0) is 20.8. The Balaban J connectivity index is 1.38. The van der Waals surface area contributed by atoms with Crippen molar-refractivity contribution in [3.63, 3.8) is 0 Å². The molecule has 0 bridgehead atoms. The number of carbonyl (C=O) groups excluding carboxylic acids is 1. The molecule has 6 heteroatoms. The van der Waals surface area contributed by atoms with Crippen LogP contribution in [-0.4, -0.2) is 61.3 Å². The highest BCUT2D eigenvalue weighted by atomic mass is 16.5. The molecule has 0 saturated carbocycles. The minimum atomic E-state index is -0.0338. The highest BCUT2D eigenvalue weighted by molar-refractivity contribution is 5.74. The van der Waals surface area contributed by atoms with E-state index >= 15 is 0 Å². The van der Waals surface area contributed by atoms with Crippen molar-refractivity contribution in [2.24, 2.45) is 0 Å². The number of hydrogen-bond donors (Lipinski definition) is 1. The van der Waals surface area contributed by atoms with Gasteiger partial charge >= 0.3 is 6.03 Å². The molecule has 4 rings (SSSR count). The SMILES string of the molecule is C[C@H]1COc2ccc(CN3CCOCC3)cc2CN1C(=O)NCCc1ccccc1. The lowest BCUT2D eigenvalue weighted by atomic mass is 10.1. The normalized spacial score (nSPS) is 19.5. The monoisotopic (exact) mass is 409 g/mol. The number of urea groups is 1. The van der Waals surface area contributed by atoms with Gasteiger partial charge in [-0.2, -0.15) is 0 Å². The van der Waals surface area contributed by atoms with E-state index in [1.54, 1.807) is 0 Å². The maximum atomic E-state index is 12.9. The minimum Gasteiger partial charge on any atom is -0.491 e. The van der Waals surface area contributed by atoms with Crippen LogP contribution in [0.25, 0.3) is 0 Å². The Hall–Kier alpha value is -2.57. The number of nitrogens with zero attached hydrogens (tertiary/aromatic N) is 2. The third-order valence-corrected chi connectivity index (χ3v) is 5.78. The molecule has 0 spiro atoms. The largest absolute Gasteiger partial charge is 0.491 e. The number of amides is 2. The maximum Gasteiger partial charge on any atom is 0.318 e. The lowest BCUT2D eigenvalue weighted by molar-refractivity contribution is 0.0342. The van der Waals surface area contributed by atoms with Gasteiger partial charge in [-0.15, -0.1) is 0 Å². The first-order chi connectivity index (χ1) is 14.7. The van der Waals surface area contributed by atoms with E-state index in [9.17, 15) is 4.79 Å². The van der Waals surface area contributed by atoms with Gasteiger partial charge in [0.15, 0.2) is 0 Å². The van der Waals surface area contributed by atoms with E-state index in [4.69, 9.17) is 9.47 Å². The van der Waals surface area contributed by atoms with Gasteiger partial charge in [-0.05, 0) is 36.6 Å². The van der Waals surface area contributed by atoms with Gasteiger partial charge in [-0.3, -0.25) is 4.90 Å². The molecule has 1 N–H and O–H groups in total. The first-order valence-corrected chi connectivity index (χ1v) is 10.8. The van der Waals surface area contributed by atoms with Crippen LogP contribution >= 0.6 is 0 Å². The summed E-state index contributed by atoms with van der Waals surface area (Å²) >= 11 is 0. The molecule has 0 aliphatic carbocycles. The van der Waals surface area contributed by atoms with Crippen molar-refractivity contribution in [3.8, 4) is 5.75 Å². The number of fused-ring (bicyclic) bond motifs is 1. The first kappa shape index (κ1) is 20.7. The third-order valence-electron chi connectivity index (χ3n) is 5.78. The molecule has 0 aromatic heterocycles. The van der Waals surface area contributed by atoms with E-state index in [1.807, 2.05) is 30.0 Å². The van der Waals surface area contributed by atoms with Gasteiger partial charge in [-0.1, -0.05) is 36.4 Å². The fraction of sp³-hybridized carbons (Fsp3) is 0.458. The van der Waals surface area contributed by atoms with Gasteiger partial charge < -0.3 is 19.7 Å². The zero-order valence-corrected chi connectivity index (χ0v) is 17.7. The quantitative estimate of drug-likeness (QED) is 0.825. The number of nitrogens with one attached hydrogen (secondary N) is 1. The van der Waals surface area contributed by atoms with Crippen molar-refractivity contribution >= 4 is 6.03 Å². The van der Waals surface area contributed by atoms with Crippen LogP contribution in [0.4, 0.5) is 4.79 Å². The number of benzene rings is 2. The number of ether oxygens (including phenoxy) is 2. The van der Waals surface area contributed by atoms with Crippen molar-refractivity contribution in [3.05, 3.63) is 65.2 Å². The van der Waals surface area contributed by atoms with Crippen molar-refractivity contribution in [2.45, 2.75) is 32.5 Å². The van der Waals surface area contributed by atoms with Crippen molar-refractivity contribution in [1.82, 2.24) is 15.1 Å². The second kappa shape index (κ2) is 9.96. The topological polar surface area (TPSA) is 54.0 Å². The minimum absolute atomic E-state index is 0.0109. The molecule has 1 atom stereocenters. The van der Waals surface area contributed by atoms with E-state index in [0.29, 0.717) is 19.7 Å². The molecule has 30 heavy (non-hydrogen) atoms. The van der Waals surface area contributed by atoms with Gasteiger partial charge in [0.25, 0.3) is 0 Å². The maximum absolute atomic E-state index is 12.9. The van der Waals surface area contributed by atoms with Crippen LogP contribution in [0.1, 0.15) is 23.6 Å². The molecule has 2 heterocycles. The first-order valence-electron chi connectivity index (χ1n) is 10.8. The predicted octanol–water partition coefficient (Wildman–Crippen LogP) is 3.05. The van der Waals surface area contributed by atoms with Crippen LogP contribution in [0, 0.1) is 0 Å². The molecule has 2 aromatic carbocycles. The van der Waals surface area contributed by atoms with Gasteiger partial charge in [0.2, 0.25) is 0 Å². The van der Waals surface area contributed by atoms with Crippen molar-refractivity contribution < 1.29 is 14.3 Å². The average Bonchev–Trinajstić information content (AvgIpc) is 2.94. The summed E-state index contributed by atoms with van der Waals surface area (Å²) in [5.74, 6) is 0.882. The summed E-state index contributed by atoms with van der Waals surface area (Å²) in [6, 6.07) is 16.6. The number of morpholine rings is 1. The summed E-state index contributed by atoms with van der Waals surface area (Å²) in [5, 5.41) is 3.08. The molecule has 0 unspecified atom stereocenters. The predicted molar refractivity (Wildman–Crippen MR) is 117 cm³/mol. The molecule has 160 valence electrons. The van der Waals surface area contributed by atoms with E-state index in [-0.39, 0.29) is 12.1 Å². The third kappa shape index (κ3) is 5.32. The van der Waals surface area contributed by atoms with Gasteiger partial charge in [-0.25, -0.2) is 4.79 Å². The number of rotatable bonds is 5. The standard InChI is InChI=1S/C24H31N3O3/c1-19-18-30-23-8-7-21(16-26-11-13-29-14-12-26)15-22(23)17-27(19)24(28)25-10-9-20-5-3-2-4-6-20/h2-8,15,19H,9-14,16-18H2,1H3,(H,25,28)/t19-/m0/s1. The summed E-state index contributed by atoms with van der Waals surface area (Å²) in [5.41, 5.74) is 3.55. The smallest absolute Gasteiger partial charge is 0.318 e. The highest BCUT2D eigenvalue weighted by Crippen LogP contribution is 2.27. The molecule has 2 aliphatic rings. The molecule has 6 nitrogen and oxygen atoms in total. The van der Waals surface area contributed by atoms with Crippen molar-refractivity contribution in [1.29, 1.82) is 0 Å². The fourth-order valence-electron chi connectivity index (χ4n) is 3.98. The lowest BCUT2D eigenvalue weighted by Gasteiger charge is -2.27. The summed E-state index contributed by atoms with van der Waals surface area (Å²) in [4.78, 5) is 17.2. The highest BCUT2D eigenvalue weighted by Gasteiger charge is 2.26. The van der Waals surface area contributed by atoms with Crippen LogP contribution in [0.2, 0.25) is 0 Å². The van der Waals surface area contributed by atoms with Gasteiger partial charge in [0, 0.05) is 31.7 Å². The Kier molecular flexibility index (Phi) is 6.87. The van der Waals surface area contributed by atoms with Gasteiger partial charge in [0.05, 0.1) is 25.8 Å². The van der Waals surface area contributed by atoms with Crippen LogP contribution < -0.4 is 10.1 Å². The Bertz CT molecular complexity index is 837. The molecule has 1 fully saturated rings. The summed E-state index contributed by atoms with van der Waals surface area (Å²) in [7, 11) is 0. The second-order valence-electron chi connectivity index (χ2n) is 8.09. The summed E-state index contributed by atoms with van der Waals surface area (Å²) < 4.78 is 11.4. The zero-order valence-electron chi connectivity index (χ0n) is 17.7. The van der Waals surface area contributed by atoms with E-state index in [1.165, 1.54) is 11.1 Å². The van der Waals surface area contributed by atoms with Gasteiger partial charge in [0.1, 0.15) is 12.4 Å². The Morgan fingerprint density at radius 2 is 1.90 bits per heavy atom. The van der Waals surface area contributed by atoms with Crippen LogP contribution in [0.15, 0.2) is 48.5 Å². The molecule has 1 saturated heterocycles. The molecule has 2 amide bonds. The van der Waals surface area contributed by atoms with Crippen LogP contribution in [0.5, 0.6) is 5.75 Å². The fourth-order valence-corrected chi connectivity index (χ4v) is 3.98. The number of carbonyl (C=O) groups is 1. The lowest BCUT2D eigenvalue weighted by Crippen LogP contribution is -2.46. The van der Waals surface area contributed by atoms with E-state index in [2.05, 4.69) is 40.5 Å². The van der Waals surface area contributed by atoms with Crippen LogP contribution in [-0.2, 0) is 24.2 Å². The Labute approximate surface area is 178 Å². The average molecular weight is 410 g/mol. The molecule has 0 radical (unpaired) electrons. The molecule has 2 aromatic rings.